The molecule has 0 aliphatic carbocycles. The van der Waals surface area contributed by atoms with Crippen LogP contribution in [0.2, 0.25) is 0 Å². The normalized spacial score (nSPS) is 16.0. The zero-order valence-electron chi connectivity index (χ0n) is 18.6. The number of benzene rings is 2. The van der Waals surface area contributed by atoms with Crippen molar-refractivity contribution >= 4 is 5.91 Å². The van der Waals surface area contributed by atoms with Crippen molar-refractivity contribution in [2.45, 2.75) is 19.4 Å². The van der Waals surface area contributed by atoms with Gasteiger partial charge in [-0.05, 0) is 37.6 Å². The number of nitrogens with zero attached hydrogens (tertiary/aromatic N) is 1. The minimum absolute atomic E-state index is 0.144. The van der Waals surface area contributed by atoms with E-state index in [0.29, 0.717) is 53.9 Å². The third-order valence-corrected chi connectivity index (χ3v) is 5.24. The molecule has 2 aromatic carbocycles. The number of carbonyl (C=O) groups is 1. The molecule has 0 unspecified atom stereocenters. The van der Waals surface area contributed by atoms with Gasteiger partial charge >= 0.3 is 0 Å². The Hall–Kier alpha value is -2.97. The standard InChI is InChI=1S/C23H31N3O5/c1-15-14-26(12-11-25-15)23(27)18-13-19(21(29-3)22(30-4)20(18)28-2)31-17-7-5-16(6-8-17)9-10-24/h5-8,13,15,25H,9-12,14,24H2,1-4H3/t15-/m1/s1. The smallest absolute Gasteiger partial charge is 0.258 e. The maximum Gasteiger partial charge on any atom is 0.258 e. The highest BCUT2D eigenvalue weighted by atomic mass is 16.5. The Kier molecular flexibility index (Phi) is 7.59. The fourth-order valence-electron chi connectivity index (χ4n) is 3.72. The van der Waals surface area contributed by atoms with Crippen molar-refractivity contribution in [3.8, 4) is 28.7 Å². The van der Waals surface area contributed by atoms with Gasteiger partial charge < -0.3 is 34.9 Å². The summed E-state index contributed by atoms with van der Waals surface area (Å²) in [6.45, 7) is 4.59. The average Bonchev–Trinajstić information content (AvgIpc) is 2.79. The molecule has 8 nitrogen and oxygen atoms in total. The molecule has 3 N–H and O–H groups in total. The lowest BCUT2D eigenvalue weighted by Gasteiger charge is -2.32. The third kappa shape index (κ3) is 5.03. The van der Waals surface area contributed by atoms with Crippen molar-refractivity contribution < 1.29 is 23.7 Å². The summed E-state index contributed by atoms with van der Waals surface area (Å²) in [5.74, 6) is 1.83. The SMILES string of the molecule is COc1c(Oc2ccc(CCN)cc2)cc(C(=O)N2CCN[C@H](C)C2)c(OC)c1OC. The molecule has 0 spiro atoms. The van der Waals surface area contributed by atoms with Crippen LogP contribution in [0.4, 0.5) is 0 Å². The van der Waals surface area contributed by atoms with Crippen LogP contribution in [-0.2, 0) is 6.42 Å². The molecular formula is C23H31N3O5. The fraction of sp³-hybridized carbons (Fsp3) is 0.435. The van der Waals surface area contributed by atoms with Crippen LogP contribution >= 0.6 is 0 Å². The van der Waals surface area contributed by atoms with Gasteiger partial charge in [0.1, 0.15) is 5.75 Å². The summed E-state index contributed by atoms with van der Waals surface area (Å²) in [5, 5.41) is 3.34. The minimum atomic E-state index is -0.144. The van der Waals surface area contributed by atoms with Crippen molar-refractivity contribution in [2.24, 2.45) is 5.73 Å². The molecule has 0 aromatic heterocycles. The number of hydrogen-bond donors (Lipinski definition) is 2. The zero-order chi connectivity index (χ0) is 22.4. The Labute approximate surface area is 183 Å². The predicted octanol–water partition coefficient (Wildman–Crippen LogP) is 2.44. The molecule has 1 saturated heterocycles. The lowest BCUT2D eigenvalue weighted by Crippen LogP contribution is -2.51. The van der Waals surface area contributed by atoms with Crippen LogP contribution in [0.5, 0.6) is 28.7 Å². The summed E-state index contributed by atoms with van der Waals surface area (Å²) >= 11 is 0. The van der Waals surface area contributed by atoms with Gasteiger partial charge in [0.15, 0.2) is 11.5 Å². The van der Waals surface area contributed by atoms with E-state index in [4.69, 9.17) is 24.7 Å². The first kappa shape index (κ1) is 22.7. The molecular weight excluding hydrogens is 398 g/mol. The van der Waals surface area contributed by atoms with Gasteiger partial charge in [0, 0.05) is 31.7 Å². The van der Waals surface area contributed by atoms with Crippen molar-refractivity contribution in [1.82, 2.24) is 10.2 Å². The molecule has 0 saturated carbocycles. The van der Waals surface area contributed by atoms with Crippen LogP contribution in [0.3, 0.4) is 0 Å². The van der Waals surface area contributed by atoms with Crippen LogP contribution < -0.4 is 30.0 Å². The van der Waals surface area contributed by atoms with Gasteiger partial charge in [-0.3, -0.25) is 4.79 Å². The summed E-state index contributed by atoms with van der Waals surface area (Å²) in [7, 11) is 4.53. The summed E-state index contributed by atoms with van der Waals surface area (Å²) in [5.41, 5.74) is 7.11. The van der Waals surface area contributed by atoms with Gasteiger partial charge in [0.05, 0.1) is 26.9 Å². The Balaban J connectivity index is 2.01. The largest absolute Gasteiger partial charge is 0.492 e. The number of methoxy groups -OCH3 is 3. The van der Waals surface area contributed by atoms with Gasteiger partial charge in [0.2, 0.25) is 11.5 Å². The van der Waals surface area contributed by atoms with E-state index in [2.05, 4.69) is 5.32 Å². The molecule has 1 fully saturated rings. The first-order valence-corrected chi connectivity index (χ1v) is 10.3. The number of nitrogens with one attached hydrogen (secondary N) is 1. The van der Waals surface area contributed by atoms with Crippen molar-refractivity contribution in [3.05, 3.63) is 41.5 Å². The van der Waals surface area contributed by atoms with Crippen LogP contribution in [-0.4, -0.2) is 64.4 Å². The molecule has 2 aromatic rings. The molecule has 1 heterocycles. The number of hydrogen-bond acceptors (Lipinski definition) is 7. The highest BCUT2D eigenvalue weighted by molar-refractivity contribution is 5.99. The molecule has 1 amide bonds. The van der Waals surface area contributed by atoms with Crippen molar-refractivity contribution in [2.75, 3.05) is 47.5 Å². The zero-order valence-corrected chi connectivity index (χ0v) is 18.6. The number of carbonyl (C=O) groups excluding carboxylic acids is 1. The fourth-order valence-corrected chi connectivity index (χ4v) is 3.72. The molecule has 1 aliphatic rings. The van der Waals surface area contributed by atoms with E-state index in [9.17, 15) is 4.79 Å². The maximum absolute atomic E-state index is 13.4. The summed E-state index contributed by atoms with van der Waals surface area (Å²) in [6, 6.07) is 9.52. The van der Waals surface area contributed by atoms with E-state index >= 15 is 0 Å². The molecule has 8 heteroatoms. The van der Waals surface area contributed by atoms with Crippen LogP contribution in [0, 0.1) is 0 Å². The highest BCUT2D eigenvalue weighted by Crippen LogP contribution is 2.48. The first-order chi connectivity index (χ1) is 15.0. The first-order valence-electron chi connectivity index (χ1n) is 10.3. The Bertz CT molecular complexity index is 901. The number of nitrogens with two attached hydrogens (primary N) is 1. The summed E-state index contributed by atoms with van der Waals surface area (Å²) in [4.78, 5) is 15.2. The second-order valence-corrected chi connectivity index (χ2v) is 7.41. The van der Waals surface area contributed by atoms with Crippen LogP contribution in [0.25, 0.3) is 0 Å². The van der Waals surface area contributed by atoms with Gasteiger partial charge in [-0.1, -0.05) is 12.1 Å². The van der Waals surface area contributed by atoms with Crippen LogP contribution in [0.1, 0.15) is 22.8 Å². The molecule has 3 rings (SSSR count). The minimum Gasteiger partial charge on any atom is -0.492 e. The number of piperazine rings is 1. The Morgan fingerprint density at radius 1 is 1.10 bits per heavy atom. The van der Waals surface area contributed by atoms with Gasteiger partial charge in [-0.2, -0.15) is 0 Å². The van der Waals surface area contributed by atoms with Gasteiger partial charge in [0.25, 0.3) is 5.91 Å². The maximum atomic E-state index is 13.4. The van der Waals surface area contributed by atoms with E-state index in [1.165, 1.54) is 21.3 Å². The van der Waals surface area contributed by atoms with Gasteiger partial charge in [-0.15, -0.1) is 0 Å². The predicted molar refractivity (Wildman–Crippen MR) is 119 cm³/mol. The number of rotatable bonds is 8. The lowest BCUT2D eigenvalue weighted by atomic mass is 10.1. The van der Waals surface area contributed by atoms with E-state index in [1.807, 2.05) is 31.2 Å². The second kappa shape index (κ2) is 10.4. The van der Waals surface area contributed by atoms with Crippen LogP contribution in [0.15, 0.2) is 30.3 Å². The third-order valence-electron chi connectivity index (χ3n) is 5.24. The quantitative estimate of drug-likeness (QED) is 0.665. The van der Waals surface area contributed by atoms with E-state index in [-0.39, 0.29) is 11.9 Å². The molecule has 1 atom stereocenters. The Morgan fingerprint density at radius 3 is 2.35 bits per heavy atom. The monoisotopic (exact) mass is 429 g/mol. The molecule has 0 bridgehead atoms. The van der Waals surface area contributed by atoms with Crippen molar-refractivity contribution in [1.29, 1.82) is 0 Å². The second-order valence-electron chi connectivity index (χ2n) is 7.41. The number of amides is 1. The molecule has 1 aliphatic heterocycles. The Morgan fingerprint density at radius 2 is 1.77 bits per heavy atom. The topological polar surface area (TPSA) is 95.3 Å². The average molecular weight is 430 g/mol. The highest BCUT2D eigenvalue weighted by Gasteiger charge is 2.30. The van der Waals surface area contributed by atoms with E-state index in [1.54, 1.807) is 11.0 Å². The van der Waals surface area contributed by atoms with Crippen molar-refractivity contribution in [3.63, 3.8) is 0 Å². The van der Waals surface area contributed by atoms with Gasteiger partial charge in [-0.25, -0.2) is 0 Å². The van der Waals surface area contributed by atoms with E-state index in [0.717, 1.165) is 18.5 Å². The molecule has 168 valence electrons. The lowest BCUT2D eigenvalue weighted by molar-refractivity contribution is 0.0704. The summed E-state index contributed by atoms with van der Waals surface area (Å²) in [6.07, 6.45) is 0.793. The summed E-state index contributed by atoms with van der Waals surface area (Å²) < 4.78 is 22.8. The van der Waals surface area contributed by atoms with E-state index < -0.39 is 0 Å². The number of ether oxygens (including phenoxy) is 4. The molecule has 31 heavy (non-hydrogen) atoms. The molecule has 0 radical (unpaired) electrons.